The molecule has 0 saturated heterocycles. The lowest BCUT2D eigenvalue weighted by atomic mass is 9.99. The highest BCUT2D eigenvalue weighted by Crippen LogP contribution is 2.19. The van der Waals surface area contributed by atoms with Crippen molar-refractivity contribution in [2.45, 2.75) is 71.5 Å². The van der Waals surface area contributed by atoms with Gasteiger partial charge in [-0.3, -0.25) is 4.99 Å². The Bertz CT molecular complexity index is 854. The van der Waals surface area contributed by atoms with Crippen molar-refractivity contribution in [3.05, 3.63) is 23.3 Å². The van der Waals surface area contributed by atoms with E-state index in [1.165, 1.54) is 0 Å². The van der Waals surface area contributed by atoms with Crippen LogP contribution < -0.4 is 10.6 Å². The van der Waals surface area contributed by atoms with Crippen molar-refractivity contribution in [2.24, 2.45) is 10.9 Å². The van der Waals surface area contributed by atoms with Gasteiger partial charge in [0, 0.05) is 44.9 Å². The van der Waals surface area contributed by atoms with Crippen LogP contribution in [-0.4, -0.2) is 55.1 Å². The average Bonchev–Trinajstić information content (AvgIpc) is 3.28. The zero-order valence-corrected chi connectivity index (χ0v) is 20.1. The van der Waals surface area contributed by atoms with E-state index in [-0.39, 0.29) is 24.0 Å². The molecule has 2 atom stereocenters. The largest absolute Gasteiger partial charge is 0.356 e. The molecular weight excluding hydrogens is 481 g/mol. The van der Waals surface area contributed by atoms with Gasteiger partial charge in [0.25, 0.3) is 0 Å². The second-order valence-electron chi connectivity index (χ2n) is 8.23. The quantitative estimate of drug-likeness (QED) is 0.367. The fourth-order valence-corrected chi connectivity index (χ4v) is 4.02. The first kappa shape index (κ1) is 22.0. The van der Waals surface area contributed by atoms with E-state index in [0.717, 1.165) is 74.6 Å². The molecule has 0 aliphatic carbocycles. The predicted molar refractivity (Wildman–Crippen MR) is 123 cm³/mol. The molecule has 0 amide bonds. The molecular formula is C19H32IN9. The van der Waals surface area contributed by atoms with Crippen molar-refractivity contribution >= 4 is 29.9 Å². The van der Waals surface area contributed by atoms with E-state index >= 15 is 0 Å². The molecule has 0 saturated carbocycles. The van der Waals surface area contributed by atoms with Gasteiger partial charge in [-0.25, -0.2) is 9.67 Å². The van der Waals surface area contributed by atoms with Crippen LogP contribution in [0.15, 0.2) is 4.99 Å². The van der Waals surface area contributed by atoms with E-state index in [2.05, 4.69) is 59.0 Å². The first-order valence-corrected chi connectivity index (χ1v) is 10.3. The van der Waals surface area contributed by atoms with Crippen molar-refractivity contribution < 1.29 is 0 Å². The molecule has 160 valence electrons. The predicted octanol–water partition coefficient (Wildman–Crippen LogP) is 1.66. The minimum Gasteiger partial charge on any atom is -0.356 e. The third-order valence-corrected chi connectivity index (χ3v) is 5.74. The summed E-state index contributed by atoms with van der Waals surface area (Å²) < 4.78 is 4.30. The van der Waals surface area contributed by atoms with Gasteiger partial charge in [0.2, 0.25) is 0 Å². The van der Waals surface area contributed by atoms with E-state index in [9.17, 15) is 0 Å². The van der Waals surface area contributed by atoms with Gasteiger partial charge >= 0.3 is 0 Å². The SMILES string of the molecule is CN=C(NCC1CCc2nnc(C)n2C1)NC1CCc2nc(C(C)C)nn2C1.I. The van der Waals surface area contributed by atoms with Gasteiger partial charge in [0.1, 0.15) is 17.5 Å². The molecule has 0 radical (unpaired) electrons. The molecule has 4 rings (SSSR count). The number of aromatic nitrogens is 6. The van der Waals surface area contributed by atoms with Gasteiger partial charge < -0.3 is 15.2 Å². The second kappa shape index (κ2) is 9.40. The summed E-state index contributed by atoms with van der Waals surface area (Å²) in [5.74, 6) is 5.96. The summed E-state index contributed by atoms with van der Waals surface area (Å²) in [5, 5.41) is 20.2. The minimum atomic E-state index is 0. The van der Waals surface area contributed by atoms with Crippen LogP contribution in [0, 0.1) is 12.8 Å². The topological polar surface area (TPSA) is 97.8 Å². The van der Waals surface area contributed by atoms with Gasteiger partial charge in [-0.15, -0.1) is 34.2 Å². The first-order valence-electron chi connectivity index (χ1n) is 10.3. The molecule has 2 N–H and O–H groups in total. The smallest absolute Gasteiger partial charge is 0.191 e. The number of aryl methyl sites for hydroxylation is 3. The third kappa shape index (κ3) is 4.89. The van der Waals surface area contributed by atoms with Crippen LogP contribution >= 0.6 is 24.0 Å². The van der Waals surface area contributed by atoms with Crippen molar-refractivity contribution in [3.63, 3.8) is 0 Å². The van der Waals surface area contributed by atoms with Crippen molar-refractivity contribution in [1.29, 1.82) is 0 Å². The number of guanidine groups is 1. The number of aliphatic imine (C=N–C) groups is 1. The van der Waals surface area contributed by atoms with Crippen LogP contribution in [0.4, 0.5) is 0 Å². The monoisotopic (exact) mass is 513 g/mol. The summed E-state index contributed by atoms with van der Waals surface area (Å²) in [6.45, 7) is 9.01. The summed E-state index contributed by atoms with van der Waals surface area (Å²) >= 11 is 0. The Hall–Kier alpha value is -1.72. The number of rotatable bonds is 4. The lowest BCUT2D eigenvalue weighted by Gasteiger charge is -2.28. The van der Waals surface area contributed by atoms with Gasteiger partial charge in [-0.05, 0) is 25.7 Å². The Kier molecular flexibility index (Phi) is 7.12. The Balaban J connectivity index is 0.00000240. The summed E-state index contributed by atoms with van der Waals surface area (Å²) in [6, 6.07) is 0.318. The van der Waals surface area contributed by atoms with Crippen molar-refractivity contribution in [2.75, 3.05) is 13.6 Å². The van der Waals surface area contributed by atoms with Crippen molar-refractivity contribution in [3.8, 4) is 0 Å². The molecule has 2 aliphatic rings. The lowest BCUT2D eigenvalue weighted by molar-refractivity contribution is 0.354. The highest BCUT2D eigenvalue weighted by Gasteiger charge is 2.24. The summed E-state index contributed by atoms with van der Waals surface area (Å²) in [5.41, 5.74) is 0. The van der Waals surface area contributed by atoms with E-state index in [1.807, 2.05) is 14.0 Å². The van der Waals surface area contributed by atoms with E-state index in [4.69, 9.17) is 0 Å². The average molecular weight is 513 g/mol. The molecule has 2 unspecified atom stereocenters. The maximum atomic E-state index is 4.67. The molecule has 0 spiro atoms. The molecule has 29 heavy (non-hydrogen) atoms. The normalized spacial score (nSPS) is 21.3. The van der Waals surface area contributed by atoms with Crippen molar-refractivity contribution in [1.82, 2.24) is 40.2 Å². The van der Waals surface area contributed by atoms with Crippen LogP contribution in [0.1, 0.15) is 55.9 Å². The third-order valence-electron chi connectivity index (χ3n) is 5.74. The highest BCUT2D eigenvalue weighted by molar-refractivity contribution is 14.0. The Morgan fingerprint density at radius 1 is 1.17 bits per heavy atom. The number of nitrogens with one attached hydrogen (secondary N) is 2. The Labute approximate surface area is 189 Å². The fraction of sp³-hybridized carbons (Fsp3) is 0.737. The maximum Gasteiger partial charge on any atom is 0.191 e. The Morgan fingerprint density at radius 3 is 2.72 bits per heavy atom. The second-order valence-corrected chi connectivity index (χ2v) is 8.23. The highest BCUT2D eigenvalue weighted by atomic mass is 127. The molecule has 2 aromatic rings. The fourth-order valence-electron chi connectivity index (χ4n) is 4.02. The van der Waals surface area contributed by atoms with E-state index < -0.39 is 0 Å². The zero-order chi connectivity index (χ0) is 19.7. The first-order chi connectivity index (χ1) is 13.5. The standard InChI is InChI=1S/C19H31N9.HI/c1-12(2)18-23-16-8-6-15(11-28(16)26-18)22-19(20-4)21-9-14-5-7-17-25-24-13(3)27(17)10-14;/h12,14-15H,5-11H2,1-4H3,(H2,20,21,22);1H. The molecule has 0 bridgehead atoms. The number of hydrogen-bond donors (Lipinski definition) is 2. The summed E-state index contributed by atoms with van der Waals surface area (Å²) in [4.78, 5) is 9.09. The van der Waals surface area contributed by atoms with E-state index in [1.54, 1.807) is 0 Å². The molecule has 0 aromatic carbocycles. The van der Waals surface area contributed by atoms with Crippen LogP contribution in [0.5, 0.6) is 0 Å². The maximum absolute atomic E-state index is 4.67. The minimum absolute atomic E-state index is 0. The van der Waals surface area contributed by atoms with Gasteiger partial charge in [0.05, 0.1) is 6.54 Å². The van der Waals surface area contributed by atoms with Gasteiger partial charge in [-0.1, -0.05) is 13.8 Å². The van der Waals surface area contributed by atoms with Crippen LogP contribution in [0.2, 0.25) is 0 Å². The zero-order valence-electron chi connectivity index (χ0n) is 17.7. The van der Waals surface area contributed by atoms with E-state index in [0.29, 0.717) is 17.9 Å². The Morgan fingerprint density at radius 2 is 1.97 bits per heavy atom. The van der Waals surface area contributed by atoms with Crippen LogP contribution in [0.3, 0.4) is 0 Å². The van der Waals surface area contributed by atoms with Crippen LogP contribution in [0.25, 0.3) is 0 Å². The number of fused-ring (bicyclic) bond motifs is 2. The number of halogens is 1. The number of hydrogen-bond acceptors (Lipinski definition) is 5. The molecule has 2 aliphatic heterocycles. The molecule has 9 nitrogen and oxygen atoms in total. The van der Waals surface area contributed by atoms with Crippen LogP contribution in [-0.2, 0) is 25.9 Å². The summed E-state index contributed by atoms with van der Waals surface area (Å²) in [7, 11) is 1.83. The molecule has 2 aromatic heterocycles. The lowest BCUT2D eigenvalue weighted by Crippen LogP contribution is -2.48. The number of nitrogens with zero attached hydrogens (tertiary/aromatic N) is 7. The molecule has 0 fully saturated rings. The van der Waals surface area contributed by atoms with Gasteiger partial charge in [-0.2, -0.15) is 5.10 Å². The molecule has 10 heteroatoms. The summed E-state index contributed by atoms with van der Waals surface area (Å²) in [6.07, 6.45) is 4.12. The van der Waals surface area contributed by atoms with Gasteiger partial charge in [0.15, 0.2) is 11.8 Å². The molecule has 4 heterocycles.